The van der Waals surface area contributed by atoms with Gasteiger partial charge >= 0.3 is 11.9 Å². The van der Waals surface area contributed by atoms with Crippen LogP contribution < -0.4 is 4.74 Å². The molecule has 0 heterocycles. The molecule has 0 fully saturated rings. The first kappa shape index (κ1) is 14.3. The minimum absolute atomic E-state index is 0.0849. The van der Waals surface area contributed by atoms with Gasteiger partial charge in [-0.25, -0.2) is 9.59 Å². The standard InChI is InChI=1S/C13H11NO5/c1-2-19-11-4-3-8(6-10(11)13(17)18)5-9(7-14)12(15)16/h3-6H,2H2,1H3,(H,15,16)(H,17,18)/b9-5+. The van der Waals surface area contributed by atoms with Crippen LogP contribution in [0.4, 0.5) is 0 Å². The maximum absolute atomic E-state index is 11.1. The highest BCUT2D eigenvalue weighted by atomic mass is 16.5. The highest BCUT2D eigenvalue weighted by Gasteiger charge is 2.13. The van der Waals surface area contributed by atoms with Crippen molar-refractivity contribution in [3.05, 3.63) is 34.9 Å². The Hall–Kier alpha value is -2.81. The van der Waals surface area contributed by atoms with Crippen molar-refractivity contribution in [2.75, 3.05) is 6.61 Å². The number of nitriles is 1. The molecule has 6 heteroatoms. The molecule has 0 bridgehead atoms. The fourth-order valence-corrected chi connectivity index (χ4v) is 1.39. The van der Waals surface area contributed by atoms with Gasteiger partial charge in [0.1, 0.15) is 23.0 Å². The van der Waals surface area contributed by atoms with Gasteiger partial charge in [0.25, 0.3) is 0 Å². The van der Waals surface area contributed by atoms with E-state index in [0.29, 0.717) is 12.2 Å². The predicted molar refractivity (Wildman–Crippen MR) is 65.8 cm³/mol. The van der Waals surface area contributed by atoms with Crippen LogP contribution in [0.3, 0.4) is 0 Å². The van der Waals surface area contributed by atoms with Crippen LogP contribution in [0.2, 0.25) is 0 Å². The van der Waals surface area contributed by atoms with Crippen molar-refractivity contribution in [1.29, 1.82) is 5.26 Å². The van der Waals surface area contributed by atoms with E-state index in [1.807, 2.05) is 0 Å². The van der Waals surface area contributed by atoms with Crippen LogP contribution in [0.5, 0.6) is 5.75 Å². The normalized spacial score (nSPS) is 10.6. The number of rotatable bonds is 5. The van der Waals surface area contributed by atoms with Crippen molar-refractivity contribution in [2.24, 2.45) is 0 Å². The lowest BCUT2D eigenvalue weighted by Crippen LogP contribution is -2.03. The Kier molecular flexibility index (Phi) is 4.66. The van der Waals surface area contributed by atoms with Gasteiger partial charge in [-0.1, -0.05) is 6.07 Å². The second-order valence-electron chi connectivity index (χ2n) is 3.47. The van der Waals surface area contributed by atoms with Gasteiger partial charge in [-0.3, -0.25) is 0 Å². The summed E-state index contributed by atoms with van der Waals surface area (Å²) in [5, 5.41) is 26.4. The summed E-state index contributed by atoms with van der Waals surface area (Å²) in [6.07, 6.45) is 1.10. The second kappa shape index (κ2) is 6.21. The van der Waals surface area contributed by atoms with Gasteiger partial charge < -0.3 is 14.9 Å². The van der Waals surface area contributed by atoms with Crippen molar-refractivity contribution in [1.82, 2.24) is 0 Å². The molecule has 1 aromatic carbocycles. The number of carboxylic acid groups (broad SMARTS) is 2. The topological polar surface area (TPSA) is 108 Å². The molecular weight excluding hydrogens is 250 g/mol. The number of aliphatic carboxylic acids is 1. The highest BCUT2D eigenvalue weighted by molar-refractivity contribution is 5.97. The largest absolute Gasteiger partial charge is 0.493 e. The van der Waals surface area contributed by atoms with Gasteiger partial charge in [0, 0.05) is 0 Å². The Balaban J connectivity index is 3.27. The number of nitrogens with zero attached hydrogens (tertiary/aromatic N) is 1. The number of carboxylic acids is 2. The van der Waals surface area contributed by atoms with E-state index in [0.717, 1.165) is 6.08 Å². The maximum atomic E-state index is 11.1. The Morgan fingerprint density at radius 1 is 1.42 bits per heavy atom. The lowest BCUT2D eigenvalue weighted by atomic mass is 10.1. The number of hydrogen-bond acceptors (Lipinski definition) is 4. The molecule has 0 spiro atoms. The van der Waals surface area contributed by atoms with Crippen LogP contribution in [-0.2, 0) is 4.79 Å². The Morgan fingerprint density at radius 3 is 2.58 bits per heavy atom. The summed E-state index contributed by atoms with van der Waals surface area (Å²) < 4.78 is 5.15. The van der Waals surface area contributed by atoms with Crippen molar-refractivity contribution in [3.63, 3.8) is 0 Å². The third kappa shape index (κ3) is 3.57. The SMILES string of the molecule is CCOc1ccc(/C=C(\C#N)C(=O)O)cc1C(=O)O. The summed E-state index contributed by atoms with van der Waals surface area (Å²) in [6.45, 7) is 2.03. The highest BCUT2D eigenvalue weighted by Crippen LogP contribution is 2.21. The zero-order valence-electron chi connectivity index (χ0n) is 10.1. The fourth-order valence-electron chi connectivity index (χ4n) is 1.39. The molecule has 1 aromatic rings. The van der Waals surface area contributed by atoms with E-state index in [9.17, 15) is 9.59 Å². The first-order valence-electron chi connectivity index (χ1n) is 5.34. The first-order chi connectivity index (χ1) is 8.99. The van der Waals surface area contributed by atoms with Crippen LogP contribution in [0.25, 0.3) is 6.08 Å². The van der Waals surface area contributed by atoms with Gasteiger partial charge in [0.15, 0.2) is 0 Å². The molecule has 2 N–H and O–H groups in total. The summed E-state index contributed by atoms with van der Waals surface area (Å²) in [5.41, 5.74) is -0.251. The van der Waals surface area contributed by atoms with Gasteiger partial charge in [-0.2, -0.15) is 5.26 Å². The number of hydrogen-bond donors (Lipinski definition) is 2. The smallest absolute Gasteiger partial charge is 0.346 e. The molecule has 0 aromatic heterocycles. The molecule has 0 saturated heterocycles. The number of aromatic carboxylic acids is 1. The fraction of sp³-hybridized carbons (Fsp3) is 0.154. The zero-order chi connectivity index (χ0) is 14.4. The summed E-state index contributed by atoms with van der Waals surface area (Å²) in [4.78, 5) is 21.7. The van der Waals surface area contributed by atoms with Gasteiger partial charge in [0.2, 0.25) is 0 Å². The van der Waals surface area contributed by atoms with Crippen LogP contribution in [0.1, 0.15) is 22.8 Å². The molecule has 0 aliphatic rings. The molecule has 0 aliphatic heterocycles. The minimum atomic E-state index is -1.37. The van der Waals surface area contributed by atoms with Gasteiger partial charge in [0.05, 0.1) is 6.61 Å². The maximum Gasteiger partial charge on any atom is 0.346 e. The molecule has 98 valence electrons. The Morgan fingerprint density at radius 2 is 2.11 bits per heavy atom. The van der Waals surface area contributed by atoms with Crippen molar-refractivity contribution in [3.8, 4) is 11.8 Å². The zero-order valence-corrected chi connectivity index (χ0v) is 10.1. The van der Waals surface area contributed by atoms with Crippen molar-refractivity contribution in [2.45, 2.75) is 6.92 Å². The van der Waals surface area contributed by atoms with E-state index in [-0.39, 0.29) is 11.3 Å². The van der Waals surface area contributed by atoms with Gasteiger partial charge in [-0.05, 0) is 30.7 Å². The third-order valence-electron chi connectivity index (χ3n) is 2.20. The number of benzene rings is 1. The first-order valence-corrected chi connectivity index (χ1v) is 5.34. The predicted octanol–water partition coefficient (Wildman–Crippen LogP) is 1.78. The summed E-state index contributed by atoms with van der Waals surface area (Å²) in [7, 11) is 0. The van der Waals surface area contributed by atoms with E-state index in [1.54, 1.807) is 6.92 Å². The number of carbonyl (C=O) groups is 2. The van der Waals surface area contributed by atoms with E-state index in [4.69, 9.17) is 20.2 Å². The molecule has 0 aliphatic carbocycles. The summed E-state index contributed by atoms with van der Waals surface area (Å²) >= 11 is 0. The molecule has 1 rings (SSSR count). The van der Waals surface area contributed by atoms with E-state index < -0.39 is 17.5 Å². The van der Waals surface area contributed by atoms with E-state index in [1.165, 1.54) is 24.3 Å². The quantitative estimate of drug-likeness (QED) is 0.617. The van der Waals surface area contributed by atoms with Crippen molar-refractivity contribution >= 4 is 18.0 Å². The van der Waals surface area contributed by atoms with Crippen LogP contribution >= 0.6 is 0 Å². The summed E-state index contributed by atoms with van der Waals surface area (Å²) in [5.74, 6) is -2.36. The Bertz CT molecular complexity index is 583. The van der Waals surface area contributed by atoms with E-state index in [2.05, 4.69) is 0 Å². The lowest BCUT2D eigenvalue weighted by molar-refractivity contribution is -0.132. The number of ether oxygens (including phenoxy) is 1. The van der Waals surface area contributed by atoms with Crippen LogP contribution in [0, 0.1) is 11.3 Å². The van der Waals surface area contributed by atoms with Gasteiger partial charge in [-0.15, -0.1) is 0 Å². The molecule has 0 atom stereocenters. The molecule has 19 heavy (non-hydrogen) atoms. The molecule has 6 nitrogen and oxygen atoms in total. The van der Waals surface area contributed by atoms with Crippen LogP contribution in [0.15, 0.2) is 23.8 Å². The molecule has 0 unspecified atom stereocenters. The molecule has 0 amide bonds. The average Bonchev–Trinajstić information content (AvgIpc) is 2.37. The Labute approximate surface area is 109 Å². The molecular formula is C13H11NO5. The lowest BCUT2D eigenvalue weighted by Gasteiger charge is -2.07. The monoisotopic (exact) mass is 261 g/mol. The van der Waals surface area contributed by atoms with E-state index >= 15 is 0 Å². The molecule has 0 saturated carbocycles. The van der Waals surface area contributed by atoms with Crippen molar-refractivity contribution < 1.29 is 24.5 Å². The summed E-state index contributed by atoms with van der Waals surface area (Å²) in [6, 6.07) is 5.69. The van der Waals surface area contributed by atoms with Crippen LogP contribution in [-0.4, -0.2) is 28.8 Å². The minimum Gasteiger partial charge on any atom is -0.493 e. The second-order valence-corrected chi connectivity index (χ2v) is 3.47. The average molecular weight is 261 g/mol. The molecule has 0 radical (unpaired) electrons. The third-order valence-corrected chi connectivity index (χ3v) is 2.20.